The molecule has 0 atom stereocenters. The third-order valence-corrected chi connectivity index (χ3v) is 4.50. The first-order valence-corrected chi connectivity index (χ1v) is 9.55. The van der Waals surface area contributed by atoms with Gasteiger partial charge < -0.3 is 19.9 Å². The number of ether oxygens (including phenoxy) is 1. The zero-order chi connectivity index (χ0) is 20.6. The summed E-state index contributed by atoms with van der Waals surface area (Å²) in [6.45, 7) is 5.51. The van der Waals surface area contributed by atoms with Gasteiger partial charge in [0.05, 0.1) is 19.3 Å². The molecular formula is C22H27FIN5O. The summed E-state index contributed by atoms with van der Waals surface area (Å²) in [7, 11) is 1.65. The number of aryl methyl sites for hydroxylation is 1. The van der Waals surface area contributed by atoms with Crippen LogP contribution in [-0.2, 0) is 13.1 Å². The largest absolute Gasteiger partial charge is 0.496 e. The average molecular weight is 523 g/mol. The van der Waals surface area contributed by atoms with Gasteiger partial charge in [0.15, 0.2) is 5.96 Å². The summed E-state index contributed by atoms with van der Waals surface area (Å²) >= 11 is 0. The van der Waals surface area contributed by atoms with Crippen molar-refractivity contribution in [1.29, 1.82) is 0 Å². The molecule has 1 aromatic heterocycles. The number of nitrogens with zero attached hydrogens (tertiary/aromatic N) is 3. The number of halogens is 2. The number of imidazole rings is 1. The smallest absolute Gasteiger partial charge is 0.191 e. The zero-order valence-corrected chi connectivity index (χ0v) is 19.7. The van der Waals surface area contributed by atoms with E-state index in [2.05, 4.69) is 20.6 Å². The SMILES string of the molecule is CCNC(=NCc1ccc(-n2ccnc2C)c(F)c1)NCc1ccccc1OC.I. The monoisotopic (exact) mass is 523 g/mol. The standard InChI is InChI=1S/C22H26FN5O.HI/c1-4-24-22(27-15-18-7-5-6-8-21(18)29-3)26-14-17-9-10-20(19(23)13-17)28-12-11-25-16(28)2;/h5-13H,4,14-15H2,1-3H3,(H2,24,26,27);1H. The fourth-order valence-corrected chi connectivity index (χ4v) is 3.02. The maximum absolute atomic E-state index is 14.6. The lowest BCUT2D eigenvalue weighted by atomic mass is 10.2. The average Bonchev–Trinajstić information content (AvgIpc) is 3.16. The summed E-state index contributed by atoms with van der Waals surface area (Å²) in [5, 5.41) is 6.50. The Morgan fingerprint density at radius 3 is 2.67 bits per heavy atom. The zero-order valence-electron chi connectivity index (χ0n) is 17.4. The number of guanidine groups is 1. The van der Waals surface area contributed by atoms with E-state index < -0.39 is 0 Å². The predicted octanol–water partition coefficient (Wildman–Crippen LogP) is 4.20. The van der Waals surface area contributed by atoms with Gasteiger partial charge in [-0.15, -0.1) is 24.0 Å². The first-order valence-electron chi connectivity index (χ1n) is 9.55. The lowest BCUT2D eigenvalue weighted by Crippen LogP contribution is -2.36. The van der Waals surface area contributed by atoms with Crippen LogP contribution in [0.3, 0.4) is 0 Å². The molecule has 0 fully saturated rings. The van der Waals surface area contributed by atoms with Crippen molar-refractivity contribution in [3.05, 3.63) is 77.6 Å². The van der Waals surface area contributed by atoms with Gasteiger partial charge in [0.25, 0.3) is 0 Å². The van der Waals surface area contributed by atoms with Crippen LogP contribution in [0.1, 0.15) is 23.9 Å². The molecule has 6 nitrogen and oxygen atoms in total. The number of hydrogen-bond donors (Lipinski definition) is 2. The summed E-state index contributed by atoms with van der Waals surface area (Å²) in [6, 6.07) is 13.0. The van der Waals surface area contributed by atoms with Crippen LogP contribution in [0, 0.1) is 12.7 Å². The second kappa shape index (κ2) is 11.5. The van der Waals surface area contributed by atoms with Gasteiger partial charge in [-0.2, -0.15) is 0 Å². The van der Waals surface area contributed by atoms with Crippen molar-refractivity contribution < 1.29 is 9.13 Å². The molecule has 3 aromatic rings. The summed E-state index contributed by atoms with van der Waals surface area (Å²) in [4.78, 5) is 8.72. The minimum absolute atomic E-state index is 0. The Bertz CT molecular complexity index is 989. The van der Waals surface area contributed by atoms with Crippen LogP contribution in [-0.4, -0.2) is 29.2 Å². The third-order valence-electron chi connectivity index (χ3n) is 4.50. The molecule has 3 rings (SSSR count). The fraction of sp³-hybridized carbons (Fsp3) is 0.273. The molecule has 0 unspecified atom stereocenters. The van der Waals surface area contributed by atoms with Crippen LogP contribution < -0.4 is 15.4 Å². The molecule has 0 saturated carbocycles. The number of para-hydroxylation sites is 1. The molecule has 2 N–H and O–H groups in total. The molecule has 0 aliphatic rings. The third kappa shape index (κ3) is 5.94. The van der Waals surface area contributed by atoms with Crippen LogP contribution in [0.4, 0.5) is 4.39 Å². The molecule has 0 aliphatic heterocycles. The number of benzene rings is 2. The van der Waals surface area contributed by atoms with Crippen molar-refractivity contribution in [3.8, 4) is 11.4 Å². The first kappa shape index (κ1) is 23.7. The van der Waals surface area contributed by atoms with Crippen LogP contribution in [0.15, 0.2) is 59.9 Å². The van der Waals surface area contributed by atoms with Gasteiger partial charge in [0.2, 0.25) is 0 Å². The van der Waals surface area contributed by atoms with Crippen LogP contribution in [0.25, 0.3) is 5.69 Å². The Kier molecular flexibility index (Phi) is 9.10. The Morgan fingerprint density at radius 2 is 2.00 bits per heavy atom. The molecular weight excluding hydrogens is 496 g/mol. The first-order chi connectivity index (χ1) is 14.1. The Balaban J connectivity index is 0.00000320. The summed E-state index contributed by atoms with van der Waals surface area (Å²) in [5.74, 6) is 1.92. The van der Waals surface area contributed by atoms with Crippen molar-refractivity contribution in [2.75, 3.05) is 13.7 Å². The lowest BCUT2D eigenvalue weighted by molar-refractivity contribution is 0.409. The van der Waals surface area contributed by atoms with Crippen molar-refractivity contribution >= 4 is 29.9 Å². The second-order valence-corrected chi connectivity index (χ2v) is 6.49. The Morgan fingerprint density at radius 1 is 1.20 bits per heavy atom. The molecule has 0 aliphatic carbocycles. The Labute approximate surface area is 193 Å². The van der Waals surface area contributed by atoms with E-state index >= 15 is 0 Å². The van der Waals surface area contributed by atoms with Crippen molar-refractivity contribution in [1.82, 2.24) is 20.2 Å². The highest BCUT2D eigenvalue weighted by Crippen LogP contribution is 2.18. The molecule has 0 spiro atoms. The molecule has 0 bridgehead atoms. The lowest BCUT2D eigenvalue weighted by Gasteiger charge is -2.13. The second-order valence-electron chi connectivity index (χ2n) is 6.49. The van der Waals surface area contributed by atoms with Gasteiger partial charge in [-0.1, -0.05) is 24.3 Å². The summed E-state index contributed by atoms with van der Waals surface area (Å²) < 4.78 is 21.7. The van der Waals surface area contributed by atoms with Gasteiger partial charge in [-0.3, -0.25) is 0 Å². The van der Waals surface area contributed by atoms with Gasteiger partial charge >= 0.3 is 0 Å². The molecule has 8 heteroatoms. The van der Waals surface area contributed by atoms with Crippen molar-refractivity contribution in [3.63, 3.8) is 0 Å². The van der Waals surface area contributed by atoms with Gasteiger partial charge in [0.1, 0.15) is 17.4 Å². The van der Waals surface area contributed by atoms with E-state index in [1.165, 1.54) is 6.07 Å². The van der Waals surface area contributed by atoms with E-state index in [1.54, 1.807) is 30.1 Å². The van der Waals surface area contributed by atoms with Gasteiger partial charge in [-0.05, 0) is 37.6 Å². The van der Waals surface area contributed by atoms with E-state index in [4.69, 9.17) is 4.74 Å². The maximum atomic E-state index is 14.6. The minimum atomic E-state index is -0.300. The Hall–Kier alpha value is -2.62. The molecule has 0 radical (unpaired) electrons. The van der Waals surface area contributed by atoms with Gasteiger partial charge in [0, 0.05) is 31.0 Å². The van der Waals surface area contributed by atoms with E-state index in [9.17, 15) is 4.39 Å². The van der Waals surface area contributed by atoms with Crippen LogP contribution in [0.2, 0.25) is 0 Å². The van der Waals surface area contributed by atoms with Gasteiger partial charge in [-0.25, -0.2) is 14.4 Å². The van der Waals surface area contributed by atoms with E-state index in [0.717, 1.165) is 29.2 Å². The van der Waals surface area contributed by atoms with Crippen molar-refractivity contribution in [2.24, 2.45) is 4.99 Å². The van der Waals surface area contributed by atoms with Crippen molar-refractivity contribution in [2.45, 2.75) is 26.9 Å². The highest BCUT2D eigenvalue weighted by atomic mass is 127. The fourth-order valence-electron chi connectivity index (χ4n) is 3.02. The van der Waals surface area contributed by atoms with Crippen LogP contribution in [0.5, 0.6) is 5.75 Å². The maximum Gasteiger partial charge on any atom is 0.191 e. The number of nitrogens with one attached hydrogen (secondary N) is 2. The summed E-state index contributed by atoms with van der Waals surface area (Å²) in [6.07, 6.45) is 3.40. The molecule has 2 aromatic carbocycles. The quantitative estimate of drug-likeness (QED) is 0.277. The topological polar surface area (TPSA) is 63.5 Å². The molecule has 0 saturated heterocycles. The van der Waals surface area contributed by atoms with E-state index in [1.807, 2.05) is 44.2 Å². The number of aromatic nitrogens is 2. The number of hydrogen-bond acceptors (Lipinski definition) is 3. The highest BCUT2D eigenvalue weighted by molar-refractivity contribution is 14.0. The normalized spacial score (nSPS) is 11.0. The van der Waals surface area contributed by atoms with E-state index in [0.29, 0.717) is 24.7 Å². The molecule has 30 heavy (non-hydrogen) atoms. The highest BCUT2D eigenvalue weighted by Gasteiger charge is 2.08. The van der Waals surface area contributed by atoms with E-state index in [-0.39, 0.29) is 29.8 Å². The number of rotatable bonds is 7. The minimum Gasteiger partial charge on any atom is -0.496 e. The molecule has 0 amide bonds. The number of aliphatic imine (C=N–C) groups is 1. The predicted molar refractivity (Wildman–Crippen MR) is 128 cm³/mol. The molecule has 1 heterocycles. The summed E-state index contributed by atoms with van der Waals surface area (Å²) in [5.41, 5.74) is 2.30. The molecule has 160 valence electrons. The van der Waals surface area contributed by atoms with Crippen LogP contribution >= 0.6 is 24.0 Å². The number of methoxy groups -OCH3 is 1.